The van der Waals surface area contributed by atoms with E-state index in [1.807, 2.05) is 30.3 Å². The molecule has 0 bridgehead atoms. The molecule has 37 heavy (non-hydrogen) atoms. The van der Waals surface area contributed by atoms with Crippen LogP contribution in [0, 0.1) is 23.2 Å². The van der Waals surface area contributed by atoms with Gasteiger partial charge in [-0.1, -0.05) is 62.4 Å². The van der Waals surface area contributed by atoms with Crippen molar-refractivity contribution >= 4 is 11.6 Å². The molecule has 1 N–H and O–H groups in total. The zero-order valence-corrected chi connectivity index (χ0v) is 22.4. The number of methoxy groups -OCH3 is 1. The van der Waals surface area contributed by atoms with Crippen LogP contribution in [0.25, 0.3) is 0 Å². The van der Waals surface area contributed by atoms with Crippen LogP contribution in [0.1, 0.15) is 100 Å². The van der Waals surface area contributed by atoms with Crippen LogP contribution in [0.2, 0.25) is 0 Å². The Morgan fingerprint density at radius 1 is 1.05 bits per heavy atom. The molecule has 0 amide bonds. The summed E-state index contributed by atoms with van der Waals surface area (Å²) in [5, 5.41) is 10.6. The third-order valence-electron chi connectivity index (χ3n) is 8.45. The molecule has 4 rings (SSSR count). The molecule has 2 atom stereocenters. The van der Waals surface area contributed by atoms with E-state index in [0.29, 0.717) is 24.0 Å². The van der Waals surface area contributed by atoms with Crippen LogP contribution in [0.3, 0.4) is 0 Å². The Labute approximate surface area is 221 Å². The zero-order chi connectivity index (χ0) is 26.3. The SMILES string of the molecule is CCCC1(CCC2CC#CC(c3ccccc3)c3cc(O)c(OC)cc3CCC(=O)CC2=O)CCCC1. The van der Waals surface area contributed by atoms with E-state index in [1.165, 1.54) is 45.6 Å². The number of hydrogen-bond acceptors (Lipinski definition) is 4. The maximum absolute atomic E-state index is 13.3. The van der Waals surface area contributed by atoms with Crippen molar-refractivity contribution in [2.75, 3.05) is 7.11 Å². The van der Waals surface area contributed by atoms with E-state index in [9.17, 15) is 14.7 Å². The molecule has 2 aliphatic rings. The molecule has 0 aromatic heterocycles. The monoisotopic (exact) mass is 500 g/mol. The van der Waals surface area contributed by atoms with Gasteiger partial charge in [0.1, 0.15) is 11.6 Å². The van der Waals surface area contributed by atoms with Gasteiger partial charge in [-0.2, -0.15) is 0 Å². The van der Waals surface area contributed by atoms with E-state index in [4.69, 9.17) is 4.74 Å². The van der Waals surface area contributed by atoms with Crippen molar-refractivity contribution in [1.29, 1.82) is 0 Å². The van der Waals surface area contributed by atoms with E-state index >= 15 is 0 Å². The van der Waals surface area contributed by atoms with E-state index in [1.54, 1.807) is 12.1 Å². The quantitative estimate of drug-likeness (QED) is 0.324. The average molecular weight is 501 g/mol. The van der Waals surface area contributed by atoms with E-state index in [-0.39, 0.29) is 42.0 Å². The third-order valence-corrected chi connectivity index (χ3v) is 8.45. The summed E-state index contributed by atoms with van der Waals surface area (Å²) in [5.41, 5.74) is 3.19. The topological polar surface area (TPSA) is 63.6 Å². The number of carbonyl (C=O) groups excluding carboxylic acids is 2. The van der Waals surface area contributed by atoms with Gasteiger partial charge in [0.15, 0.2) is 11.5 Å². The normalized spacial score (nSPS) is 21.8. The summed E-state index contributed by atoms with van der Waals surface area (Å²) in [6, 6.07) is 13.6. The number of benzene rings is 2. The Balaban J connectivity index is 1.68. The zero-order valence-electron chi connectivity index (χ0n) is 22.4. The summed E-state index contributed by atoms with van der Waals surface area (Å²) >= 11 is 0. The second kappa shape index (κ2) is 12.5. The number of fused-ring (bicyclic) bond motifs is 1. The van der Waals surface area contributed by atoms with Crippen LogP contribution >= 0.6 is 0 Å². The van der Waals surface area contributed by atoms with E-state index in [0.717, 1.165) is 29.5 Å². The van der Waals surface area contributed by atoms with Crippen LogP contribution in [0.4, 0.5) is 0 Å². The maximum Gasteiger partial charge on any atom is 0.160 e. The highest BCUT2D eigenvalue weighted by molar-refractivity contribution is 6.00. The molecule has 1 saturated carbocycles. The highest BCUT2D eigenvalue weighted by atomic mass is 16.5. The Morgan fingerprint density at radius 3 is 2.51 bits per heavy atom. The van der Waals surface area contributed by atoms with Gasteiger partial charge >= 0.3 is 0 Å². The summed E-state index contributed by atoms with van der Waals surface area (Å²) in [6.07, 6.45) is 10.6. The number of rotatable bonds is 7. The number of ketones is 2. The number of aromatic hydroxyl groups is 1. The minimum Gasteiger partial charge on any atom is -0.504 e. The Kier molecular flexibility index (Phi) is 9.09. The van der Waals surface area contributed by atoms with Gasteiger partial charge in [0.05, 0.1) is 19.4 Å². The minimum absolute atomic E-state index is 0.0141. The lowest BCUT2D eigenvalue weighted by Crippen LogP contribution is -2.23. The van der Waals surface area contributed by atoms with Crippen molar-refractivity contribution in [2.24, 2.45) is 11.3 Å². The first-order valence-corrected chi connectivity index (χ1v) is 13.9. The molecule has 2 unspecified atom stereocenters. The summed E-state index contributed by atoms with van der Waals surface area (Å²) in [6.45, 7) is 2.25. The molecule has 1 fully saturated rings. The van der Waals surface area contributed by atoms with Crippen molar-refractivity contribution in [3.63, 3.8) is 0 Å². The Bertz CT molecular complexity index is 1150. The Morgan fingerprint density at radius 2 is 1.81 bits per heavy atom. The van der Waals surface area contributed by atoms with Crippen LogP contribution in [-0.4, -0.2) is 23.8 Å². The number of ether oxygens (including phenoxy) is 1. The highest BCUT2D eigenvalue weighted by Gasteiger charge is 2.34. The van der Waals surface area contributed by atoms with Gasteiger partial charge in [-0.3, -0.25) is 9.59 Å². The molecule has 0 heterocycles. The molecule has 0 radical (unpaired) electrons. The molecule has 2 aromatic rings. The van der Waals surface area contributed by atoms with Crippen LogP contribution in [0.15, 0.2) is 42.5 Å². The first-order valence-electron chi connectivity index (χ1n) is 13.9. The smallest absolute Gasteiger partial charge is 0.160 e. The lowest BCUT2D eigenvalue weighted by molar-refractivity contribution is -0.129. The standard InChI is InChI=1S/C33H40O4/c1-3-17-33(18-7-8-19-33)20-16-25-12-9-13-28(24-10-5-4-6-11-24)29-23-31(36)32(37-2)21-26(29)14-15-27(34)22-30(25)35/h4-6,10-11,21,23,25,28,36H,3,7-8,12,14-20,22H2,1-2H3. The van der Waals surface area contributed by atoms with Crippen LogP contribution in [0.5, 0.6) is 11.5 Å². The number of hydrogen-bond donors (Lipinski definition) is 1. The van der Waals surface area contributed by atoms with Crippen LogP contribution < -0.4 is 4.74 Å². The van der Waals surface area contributed by atoms with Crippen molar-refractivity contribution in [3.05, 3.63) is 59.2 Å². The first-order chi connectivity index (χ1) is 17.9. The number of phenolic OH excluding ortho intramolecular Hbond substituents is 1. The van der Waals surface area contributed by atoms with Crippen molar-refractivity contribution in [1.82, 2.24) is 0 Å². The largest absolute Gasteiger partial charge is 0.504 e. The van der Waals surface area contributed by atoms with Gasteiger partial charge in [-0.25, -0.2) is 0 Å². The summed E-state index contributed by atoms with van der Waals surface area (Å²) < 4.78 is 5.35. The van der Waals surface area contributed by atoms with Gasteiger partial charge < -0.3 is 9.84 Å². The number of carbonyl (C=O) groups is 2. The van der Waals surface area contributed by atoms with E-state index < -0.39 is 0 Å². The average Bonchev–Trinajstić information content (AvgIpc) is 3.36. The van der Waals surface area contributed by atoms with Gasteiger partial charge in [0, 0.05) is 18.8 Å². The van der Waals surface area contributed by atoms with Crippen molar-refractivity contribution in [3.8, 4) is 23.3 Å². The second-order valence-electron chi connectivity index (χ2n) is 11.0. The Hall–Kier alpha value is -3.06. The number of Topliss-reactive ketones (excluding diaryl/α,β-unsaturated/α-hetero) is 2. The lowest BCUT2D eigenvalue weighted by Gasteiger charge is -2.30. The first kappa shape index (κ1) is 27.0. The fourth-order valence-electron chi connectivity index (χ4n) is 6.38. The van der Waals surface area contributed by atoms with Gasteiger partial charge in [0.25, 0.3) is 0 Å². The molecule has 4 heteroatoms. The molecule has 0 spiro atoms. The molecule has 0 aliphatic heterocycles. The fraction of sp³-hybridized carbons (Fsp3) is 0.515. The lowest BCUT2D eigenvalue weighted by atomic mass is 9.75. The predicted octanol–water partition coefficient (Wildman–Crippen LogP) is 7.16. The van der Waals surface area contributed by atoms with Crippen LogP contribution in [-0.2, 0) is 16.0 Å². The second-order valence-corrected chi connectivity index (χ2v) is 11.0. The third kappa shape index (κ3) is 6.63. The molecule has 0 saturated heterocycles. The minimum atomic E-state index is -0.264. The summed E-state index contributed by atoms with van der Waals surface area (Å²) in [7, 11) is 1.52. The molecular weight excluding hydrogens is 460 g/mol. The predicted molar refractivity (Wildman–Crippen MR) is 147 cm³/mol. The van der Waals surface area contributed by atoms with Gasteiger partial charge in [-0.05, 0) is 72.8 Å². The van der Waals surface area contributed by atoms with Crippen molar-refractivity contribution in [2.45, 2.75) is 89.9 Å². The number of phenols is 1. The molecular formula is C33H40O4. The molecule has 2 aliphatic carbocycles. The van der Waals surface area contributed by atoms with E-state index in [2.05, 4.69) is 18.8 Å². The van der Waals surface area contributed by atoms with Gasteiger partial charge in [-0.15, -0.1) is 5.92 Å². The summed E-state index contributed by atoms with van der Waals surface area (Å²) in [5.74, 6) is 6.81. The molecule has 2 aromatic carbocycles. The summed E-state index contributed by atoms with van der Waals surface area (Å²) in [4.78, 5) is 26.2. The molecule has 196 valence electrons. The highest BCUT2D eigenvalue weighted by Crippen LogP contribution is 2.46. The maximum atomic E-state index is 13.3. The molecule has 4 nitrogen and oxygen atoms in total. The van der Waals surface area contributed by atoms with Crippen molar-refractivity contribution < 1.29 is 19.4 Å². The fourth-order valence-corrected chi connectivity index (χ4v) is 6.38. The number of aryl methyl sites for hydroxylation is 1. The van der Waals surface area contributed by atoms with Gasteiger partial charge in [0.2, 0.25) is 0 Å².